The first-order valence-corrected chi connectivity index (χ1v) is 9.38. The standard InChI is InChI=1S/C16H23NO4S/c1-3-21-16(18)13-9-11-17(12-10-13)14-7-5-6-8-15(14)22(19,20)4-2/h5-8,13H,3-4,9-12H2,1-2H3. The molecule has 22 heavy (non-hydrogen) atoms. The number of hydrogen-bond acceptors (Lipinski definition) is 5. The maximum Gasteiger partial charge on any atom is 0.309 e. The largest absolute Gasteiger partial charge is 0.466 e. The fourth-order valence-corrected chi connectivity index (χ4v) is 3.87. The number of benzene rings is 1. The molecule has 0 radical (unpaired) electrons. The van der Waals surface area contributed by atoms with Gasteiger partial charge in [0.1, 0.15) is 0 Å². The summed E-state index contributed by atoms with van der Waals surface area (Å²) in [4.78, 5) is 14.2. The molecule has 2 rings (SSSR count). The highest BCUT2D eigenvalue weighted by molar-refractivity contribution is 7.91. The van der Waals surface area contributed by atoms with E-state index in [1.54, 1.807) is 26.0 Å². The third-order valence-corrected chi connectivity index (χ3v) is 5.81. The molecule has 0 unspecified atom stereocenters. The minimum absolute atomic E-state index is 0.0776. The summed E-state index contributed by atoms with van der Waals surface area (Å²) in [5, 5.41) is 0. The second-order valence-electron chi connectivity index (χ2n) is 5.38. The van der Waals surface area contributed by atoms with Crippen molar-refractivity contribution in [1.29, 1.82) is 0 Å². The van der Waals surface area contributed by atoms with Gasteiger partial charge in [0.15, 0.2) is 9.84 Å². The molecule has 1 aliphatic heterocycles. The van der Waals surface area contributed by atoms with E-state index in [2.05, 4.69) is 4.90 Å². The Bertz CT molecular complexity index is 619. The van der Waals surface area contributed by atoms with Gasteiger partial charge in [0, 0.05) is 13.1 Å². The van der Waals surface area contributed by atoms with Gasteiger partial charge in [-0.25, -0.2) is 8.42 Å². The van der Waals surface area contributed by atoms with Gasteiger partial charge < -0.3 is 9.64 Å². The Morgan fingerprint density at radius 1 is 1.23 bits per heavy atom. The molecule has 5 nitrogen and oxygen atoms in total. The maximum atomic E-state index is 12.2. The number of rotatable bonds is 5. The number of carbonyl (C=O) groups excluding carboxylic acids is 1. The highest BCUT2D eigenvalue weighted by atomic mass is 32.2. The van der Waals surface area contributed by atoms with Crippen LogP contribution in [0, 0.1) is 5.92 Å². The summed E-state index contributed by atoms with van der Waals surface area (Å²) in [6.45, 7) is 5.19. The zero-order chi connectivity index (χ0) is 16.2. The zero-order valence-electron chi connectivity index (χ0n) is 13.1. The number of anilines is 1. The lowest BCUT2D eigenvalue weighted by Crippen LogP contribution is -2.37. The van der Waals surface area contributed by atoms with E-state index in [-0.39, 0.29) is 17.6 Å². The first-order chi connectivity index (χ1) is 10.5. The molecule has 0 aromatic heterocycles. The van der Waals surface area contributed by atoms with Crippen LogP contribution >= 0.6 is 0 Å². The summed E-state index contributed by atoms with van der Waals surface area (Å²) in [6, 6.07) is 7.09. The molecule has 122 valence electrons. The number of ether oxygens (including phenoxy) is 1. The third-order valence-electron chi connectivity index (χ3n) is 4.04. The Labute approximate surface area is 132 Å². The van der Waals surface area contributed by atoms with E-state index in [0.29, 0.717) is 37.4 Å². The molecule has 0 saturated carbocycles. The van der Waals surface area contributed by atoms with Crippen LogP contribution in [0.2, 0.25) is 0 Å². The maximum absolute atomic E-state index is 12.2. The van der Waals surface area contributed by atoms with Gasteiger partial charge in [-0.05, 0) is 31.9 Å². The molecule has 0 N–H and O–H groups in total. The summed E-state index contributed by atoms with van der Waals surface area (Å²) >= 11 is 0. The van der Waals surface area contributed by atoms with E-state index in [4.69, 9.17) is 4.74 Å². The second-order valence-corrected chi connectivity index (χ2v) is 7.63. The van der Waals surface area contributed by atoms with Crippen LogP contribution in [0.5, 0.6) is 0 Å². The van der Waals surface area contributed by atoms with E-state index >= 15 is 0 Å². The molecule has 0 amide bonds. The molecule has 1 heterocycles. The predicted octanol–water partition coefficient (Wildman–Crippen LogP) is 2.26. The van der Waals surface area contributed by atoms with Gasteiger partial charge in [0.25, 0.3) is 0 Å². The number of hydrogen-bond donors (Lipinski definition) is 0. The average Bonchev–Trinajstić information content (AvgIpc) is 2.55. The van der Waals surface area contributed by atoms with Gasteiger partial charge in [-0.1, -0.05) is 19.1 Å². The lowest BCUT2D eigenvalue weighted by Gasteiger charge is -2.33. The Balaban J connectivity index is 2.14. The number of para-hydroxylation sites is 1. The van der Waals surface area contributed by atoms with Crippen molar-refractivity contribution in [2.24, 2.45) is 5.92 Å². The summed E-state index contributed by atoms with van der Waals surface area (Å²) < 4.78 is 29.5. The molecule has 1 fully saturated rings. The van der Waals surface area contributed by atoms with Gasteiger partial charge in [-0.15, -0.1) is 0 Å². The number of nitrogens with zero attached hydrogens (tertiary/aromatic N) is 1. The molecular formula is C16H23NO4S. The Hall–Kier alpha value is -1.56. The molecule has 1 saturated heterocycles. The van der Waals surface area contributed by atoms with Crippen LogP contribution in [-0.2, 0) is 19.4 Å². The number of piperidine rings is 1. The van der Waals surface area contributed by atoms with Crippen LogP contribution in [0.15, 0.2) is 29.2 Å². The summed E-state index contributed by atoms with van der Waals surface area (Å²) in [5.74, 6) is -0.133. The van der Waals surface area contributed by atoms with Gasteiger partial charge in [-0.2, -0.15) is 0 Å². The molecular weight excluding hydrogens is 302 g/mol. The minimum atomic E-state index is -3.25. The summed E-state index contributed by atoms with van der Waals surface area (Å²) in [7, 11) is -3.25. The lowest BCUT2D eigenvalue weighted by molar-refractivity contribution is -0.148. The van der Waals surface area contributed by atoms with Crippen molar-refractivity contribution < 1.29 is 17.9 Å². The highest BCUT2D eigenvalue weighted by Crippen LogP contribution is 2.30. The van der Waals surface area contributed by atoms with E-state index in [9.17, 15) is 13.2 Å². The van der Waals surface area contributed by atoms with Crippen LogP contribution in [0.25, 0.3) is 0 Å². The van der Waals surface area contributed by atoms with E-state index in [1.165, 1.54) is 0 Å². The summed E-state index contributed by atoms with van der Waals surface area (Å²) in [5.41, 5.74) is 0.742. The van der Waals surface area contributed by atoms with Crippen molar-refractivity contribution in [2.45, 2.75) is 31.6 Å². The SMILES string of the molecule is CCOC(=O)C1CCN(c2ccccc2S(=O)(=O)CC)CC1. The van der Waals surface area contributed by atoms with E-state index in [0.717, 1.165) is 5.69 Å². The molecule has 0 atom stereocenters. The molecule has 1 aliphatic rings. The highest BCUT2D eigenvalue weighted by Gasteiger charge is 2.28. The van der Waals surface area contributed by atoms with Gasteiger partial charge in [-0.3, -0.25) is 4.79 Å². The lowest BCUT2D eigenvalue weighted by atomic mass is 9.96. The van der Waals surface area contributed by atoms with Gasteiger partial charge in [0.2, 0.25) is 0 Å². The third kappa shape index (κ3) is 3.61. The topological polar surface area (TPSA) is 63.7 Å². The van der Waals surface area contributed by atoms with Crippen LogP contribution in [0.4, 0.5) is 5.69 Å². The fraction of sp³-hybridized carbons (Fsp3) is 0.562. The van der Waals surface area contributed by atoms with Crippen LogP contribution in [-0.4, -0.2) is 39.8 Å². The van der Waals surface area contributed by atoms with Crippen molar-refractivity contribution in [3.8, 4) is 0 Å². The minimum Gasteiger partial charge on any atom is -0.466 e. The molecule has 1 aromatic carbocycles. The van der Waals surface area contributed by atoms with Crippen molar-refractivity contribution in [3.63, 3.8) is 0 Å². The summed E-state index contributed by atoms with van der Waals surface area (Å²) in [6.07, 6.45) is 1.39. The van der Waals surface area contributed by atoms with Crippen molar-refractivity contribution in [2.75, 3.05) is 30.3 Å². The fourth-order valence-electron chi connectivity index (χ4n) is 2.75. The average molecular weight is 325 g/mol. The molecule has 6 heteroatoms. The van der Waals surface area contributed by atoms with Crippen molar-refractivity contribution >= 4 is 21.5 Å². The van der Waals surface area contributed by atoms with E-state index in [1.807, 2.05) is 12.1 Å². The Kier molecular flexibility index (Phi) is 5.45. The monoisotopic (exact) mass is 325 g/mol. The molecule has 0 bridgehead atoms. The zero-order valence-corrected chi connectivity index (χ0v) is 13.9. The molecule has 0 spiro atoms. The first-order valence-electron chi connectivity index (χ1n) is 7.73. The predicted molar refractivity (Wildman–Crippen MR) is 85.7 cm³/mol. The first kappa shape index (κ1) is 16.8. The second kappa shape index (κ2) is 7.13. The quantitative estimate of drug-likeness (QED) is 0.777. The number of sulfone groups is 1. The molecule has 1 aromatic rings. The smallest absolute Gasteiger partial charge is 0.309 e. The molecule has 0 aliphatic carbocycles. The Morgan fingerprint density at radius 2 is 1.86 bits per heavy atom. The van der Waals surface area contributed by atoms with Crippen molar-refractivity contribution in [3.05, 3.63) is 24.3 Å². The van der Waals surface area contributed by atoms with E-state index < -0.39 is 9.84 Å². The van der Waals surface area contributed by atoms with Gasteiger partial charge in [0.05, 0.1) is 28.9 Å². The van der Waals surface area contributed by atoms with Gasteiger partial charge >= 0.3 is 5.97 Å². The van der Waals surface area contributed by atoms with Crippen molar-refractivity contribution in [1.82, 2.24) is 0 Å². The van der Waals surface area contributed by atoms with Crippen LogP contribution in [0.1, 0.15) is 26.7 Å². The normalized spacial score (nSPS) is 16.5. The Morgan fingerprint density at radius 3 is 2.45 bits per heavy atom. The van der Waals surface area contributed by atoms with Crippen LogP contribution < -0.4 is 4.90 Å². The number of esters is 1. The van der Waals surface area contributed by atoms with Crippen LogP contribution in [0.3, 0.4) is 0 Å². The number of carbonyl (C=O) groups is 1.